The molecule has 0 unspecified atom stereocenters. The van der Waals surface area contributed by atoms with Crippen LogP contribution in [0, 0.1) is 0 Å². The fourth-order valence-corrected chi connectivity index (χ4v) is 3.12. The van der Waals surface area contributed by atoms with Crippen molar-refractivity contribution in [3.63, 3.8) is 0 Å². The molecule has 2 N–H and O–H groups in total. The van der Waals surface area contributed by atoms with Gasteiger partial charge in [-0.1, -0.05) is 43.5 Å². The van der Waals surface area contributed by atoms with Crippen molar-refractivity contribution in [3.05, 3.63) is 35.9 Å². The normalized spacial score (nSPS) is 17.1. The molecule has 1 saturated carbocycles. The molecular formula is C16H18O2. The number of aromatic hydroxyl groups is 2. The summed E-state index contributed by atoms with van der Waals surface area (Å²) in [7, 11) is 0. The van der Waals surface area contributed by atoms with Gasteiger partial charge >= 0.3 is 0 Å². The molecule has 2 nitrogen and oxygen atoms in total. The number of rotatable bonds is 1. The van der Waals surface area contributed by atoms with Crippen molar-refractivity contribution >= 4 is 10.8 Å². The molecule has 0 aromatic heterocycles. The first kappa shape index (κ1) is 11.4. The first-order chi connectivity index (χ1) is 8.77. The first-order valence-corrected chi connectivity index (χ1v) is 6.71. The molecule has 0 bridgehead atoms. The highest BCUT2D eigenvalue weighted by molar-refractivity contribution is 5.93. The molecule has 0 aliphatic heterocycles. The van der Waals surface area contributed by atoms with E-state index in [1.807, 2.05) is 18.2 Å². The summed E-state index contributed by atoms with van der Waals surface area (Å²) in [4.78, 5) is 0. The van der Waals surface area contributed by atoms with E-state index in [9.17, 15) is 10.2 Å². The van der Waals surface area contributed by atoms with E-state index in [4.69, 9.17) is 0 Å². The Morgan fingerprint density at radius 3 is 2.39 bits per heavy atom. The number of fused-ring (bicyclic) bond motifs is 1. The molecule has 1 fully saturated rings. The van der Waals surface area contributed by atoms with Crippen molar-refractivity contribution in [1.82, 2.24) is 0 Å². The van der Waals surface area contributed by atoms with E-state index in [0.717, 1.165) is 10.8 Å². The van der Waals surface area contributed by atoms with E-state index < -0.39 is 0 Å². The zero-order valence-corrected chi connectivity index (χ0v) is 10.4. The van der Waals surface area contributed by atoms with Gasteiger partial charge in [0.1, 0.15) is 0 Å². The van der Waals surface area contributed by atoms with Crippen LogP contribution in [0.15, 0.2) is 30.3 Å². The van der Waals surface area contributed by atoms with Gasteiger partial charge < -0.3 is 10.2 Å². The topological polar surface area (TPSA) is 40.5 Å². The molecular weight excluding hydrogens is 224 g/mol. The van der Waals surface area contributed by atoms with Gasteiger partial charge in [0.2, 0.25) is 0 Å². The Labute approximate surface area is 107 Å². The lowest BCUT2D eigenvalue weighted by Crippen LogP contribution is -2.04. The van der Waals surface area contributed by atoms with E-state index in [1.54, 1.807) is 6.07 Å². The summed E-state index contributed by atoms with van der Waals surface area (Å²) in [6.45, 7) is 0. The minimum Gasteiger partial charge on any atom is -0.504 e. The predicted molar refractivity (Wildman–Crippen MR) is 73.1 cm³/mol. The van der Waals surface area contributed by atoms with Crippen LogP contribution in [0.2, 0.25) is 0 Å². The molecule has 0 radical (unpaired) electrons. The highest BCUT2D eigenvalue weighted by Gasteiger charge is 2.18. The van der Waals surface area contributed by atoms with Crippen molar-refractivity contribution in [2.45, 2.75) is 38.0 Å². The SMILES string of the molecule is Oc1ccc2c(C3CCCCC3)cccc2c1O. The standard InChI is InChI=1S/C16H18O2/c17-15-10-9-13-12(11-5-2-1-3-6-11)7-4-8-14(13)16(15)18/h4,7-11,17-18H,1-3,5-6H2. The van der Waals surface area contributed by atoms with E-state index in [2.05, 4.69) is 6.07 Å². The van der Waals surface area contributed by atoms with Crippen LogP contribution in [0.4, 0.5) is 0 Å². The van der Waals surface area contributed by atoms with Gasteiger partial charge in [0.15, 0.2) is 11.5 Å². The molecule has 1 aliphatic rings. The van der Waals surface area contributed by atoms with Crippen molar-refractivity contribution in [1.29, 1.82) is 0 Å². The van der Waals surface area contributed by atoms with Crippen molar-refractivity contribution in [3.8, 4) is 11.5 Å². The third kappa shape index (κ3) is 1.82. The number of phenolic OH excluding ortho intramolecular Hbond substituents is 2. The molecule has 0 spiro atoms. The molecule has 0 heterocycles. The molecule has 3 rings (SSSR count). The second-order valence-corrected chi connectivity index (χ2v) is 5.21. The molecule has 0 amide bonds. The summed E-state index contributed by atoms with van der Waals surface area (Å²) in [6.07, 6.45) is 6.41. The highest BCUT2D eigenvalue weighted by atomic mass is 16.3. The number of phenols is 2. The molecule has 94 valence electrons. The van der Waals surface area contributed by atoms with Gasteiger partial charge in [-0.05, 0) is 35.8 Å². The van der Waals surface area contributed by atoms with Crippen LogP contribution >= 0.6 is 0 Å². The average molecular weight is 242 g/mol. The predicted octanol–water partition coefficient (Wildman–Crippen LogP) is 4.30. The summed E-state index contributed by atoms with van der Waals surface area (Å²) >= 11 is 0. The molecule has 2 aromatic rings. The zero-order chi connectivity index (χ0) is 12.5. The van der Waals surface area contributed by atoms with E-state index in [0.29, 0.717) is 5.92 Å². The molecule has 0 saturated heterocycles. The lowest BCUT2D eigenvalue weighted by molar-refractivity contribution is 0.408. The summed E-state index contributed by atoms with van der Waals surface area (Å²) in [5, 5.41) is 21.3. The van der Waals surface area contributed by atoms with Gasteiger partial charge in [0.05, 0.1) is 0 Å². The smallest absolute Gasteiger partial charge is 0.165 e. The fourth-order valence-electron chi connectivity index (χ4n) is 3.12. The van der Waals surface area contributed by atoms with E-state index in [1.165, 1.54) is 37.7 Å². The van der Waals surface area contributed by atoms with Crippen LogP contribution in [0.3, 0.4) is 0 Å². The van der Waals surface area contributed by atoms with Crippen LogP contribution in [0.5, 0.6) is 11.5 Å². The Hall–Kier alpha value is -1.70. The van der Waals surface area contributed by atoms with E-state index >= 15 is 0 Å². The van der Waals surface area contributed by atoms with Crippen LogP contribution in [-0.2, 0) is 0 Å². The largest absolute Gasteiger partial charge is 0.504 e. The lowest BCUT2D eigenvalue weighted by atomic mass is 9.82. The first-order valence-electron chi connectivity index (χ1n) is 6.71. The van der Waals surface area contributed by atoms with Crippen molar-refractivity contribution in [2.24, 2.45) is 0 Å². The van der Waals surface area contributed by atoms with Gasteiger partial charge in [-0.3, -0.25) is 0 Å². The van der Waals surface area contributed by atoms with Gasteiger partial charge in [0.25, 0.3) is 0 Å². The minimum absolute atomic E-state index is 0.00478. The van der Waals surface area contributed by atoms with Gasteiger partial charge in [0, 0.05) is 5.39 Å². The van der Waals surface area contributed by atoms with Crippen LogP contribution in [0.25, 0.3) is 10.8 Å². The van der Waals surface area contributed by atoms with Crippen molar-refractivity contribution < 1.29 is 10.2 Å². The summed E-state index contributed by atoms with van der Waals surface area (Å²) in [5.41, 5.74) is 1.32. The maximum Gasteiger partial charge on any atom is 0.165 e. The van der Waals surface area contributed by atoms with Gasteiger partial charge in [-0.15, -0.1) is 0 Å². The highest BCUT2D eigenvalue weighted by Crippen LogP contribution is 2.40. The number of hydrogen-bond donors (Lipinski definition) is 2. The summed E-state index contributed by atoms with van der Waals surface area (Å²) in [5.74, 6) is 0.569. The second kappa shape index (κ2) is 4.52. The lowest BCUT2D eigenvalue weighted by Gasteiger charge is -2.23. The Morgan fingerprint density at radius 2 is 1.61 bits per heavy atom. The third-order valence-electron chi connectivity index (χ3n) is 4.09. The van der Waals surface area contributed by atoms with Gasteiger partial charge in [-0.2, -0.15) is 0 Å². The number of benzene rings is 2. The second-order valence-electron chi connectivity index (χ2n) is 5.21. The maximum atomic E-state index is 9.93. The summed E-state index contributed by atoms with van der Waals surface area (Å²) in [6, 6.07) is 9.52. The molecule has 2 heteroatoms. The van der Waals surface area contributed by atoms with E-state index in [-0.39, 0.29) is 11.5 Å². The van der Waals surface area contributed by atoms with Crippen molar-refractivity contribution in [2.75, 3.05) is 0 Å². The third-order valence-corrected chi connectivity index (χ3v) is 4.09. The molecule has 0 atom stereocenters. The zero-order valence-electron chi connectivity index (χ0n) is 10.4. The van der Waals surface area contributed by atoms with Crippen LogP contribution in [0.1, 0.15) is 43.6 Å². The number of hydrogen-bond acceptors (Lipinski definition) is 2. The molecule has 18 heavy (non-hydrogen) atoms. The summed E-state index contributed by atoms with van der Waals surface area (Å²) < 4.78 is 0. The molecule has 1 aliphatic carbocycles. The Balaban J connectivity index is 2.14. The quantitative estimate of drug-likeness (QED) is 0.732. The monoisotopic (exact) mass is 242 g/mol. The van der Waals surface area contributed by atoms with Crippen LogP contribution in [-0.4, -0.2) is 10.2 Å². The van der Waals surface area contributed by atoms with Gasteiger partial charge in [-0.25, -0.2) is 0 Å². The van der Waals surface area contributed by atoms with Crippen LogP contribution < -0.4 is 0 Å². The Kier molecular flexibility index (Phi) is 2.86. The fraction of sp³-hybridized carbons (Fsp3) is 0.375. The Morgan fingerprint density at radius 1 is 0.833 bits per heavy atom. The minimum atomic E-state index is -0.0386. The maximum absolute atomic E-state index is 9.93. The average Bonchev–Trinajstić information content (AvgIpc) is 2.43. The molecule has 2 aromatic carbocycles. The Bertz CT molecular complexity index is 569.